The highest BCUT2D eigenvalue weighted by atomic mass is 16.5. The lowest BCUT2D eigenvalue weighted by molar-refractivity contribution is -0.140. The maximum atomic E-state index is 12.5. The summed E-state index contributed by atoms with van der Waals surface area (Å²) in [5, 5.41) is 11.9. The van der Waals surface area contributed by atoms with Crippen LogP contribution in [-0.2, 0) is 9.59 Å². The van der Waals surface area contributed by atoms with Crippen LogP contribution >= 0.6 is 0 Å². The molecule has 0 heterocycles. The number of carboxylic acid groups (broad SMARTS) is 1. The predicted octanol–water partition coefficient (Wildman–Crippen LogP) is 1.87. The Kier molecular flexibility index (Phi) is 4.55. The molecule has 4 N–H and O–H groups in total. The first kappa shape index (κ1) is 17.8. The summed E-state index contributed by atoms with van der Waals surface area (Å²) in [5.41, 5.74) is 5.19. The molecule has 0 saturated heterocycles. The Morgan fingerprint density at radius 3 is 2.33 bits per heavy atom. The van der Waals surface area contributed by atoms with Crippen LogP contribution in [-0.4, -0.2) is 29.0 Å². The summed E-state index contributed by atoms with van der Waals surface area (Å²) in [7, 11) is 0. The SMILES string of the molecule is CC(C)Oc1ccc(C(N)=O)cc1NC(=O)[C@H]1[C@H](C(=O)O)C1(C)C. The molecule has 1 aromatic rings. The van der Waals surface area contributed by atoms with E-state index in [1.807, 2.05) is 13.8 Å². The van der Waals surface area contributed by atoms with Gasteiger partial charge in [0, 0.05) is 5.56 Å². The lowest BCUT2D eigenvalue weighted by Gasteiger charge is -2.16. The van der Waals surface area contributed by atoms with Crippen molar-refractivity contribution in [2.45, 2.75) is 33.8 Å². The summed E-state index contributed by atoms with van der Waals surface area (Å²) in [5.74, 6) is -3.01. The summed E-state index contributed by atoms with van der Waals surface area (Å²) >= 11 is 0. The molecule has 1 fully saturated rings. The molecule has 0 spiro atoms. The van der Waals surface area contributed by atoms with E-state index in [-0.39, 0.29) is 11.7 Å². The predicted molar refractivity (Wildman–Crippen MR) is 87.8 cm³/mol. The summed E-state index contributed by atoms with van der Waals surface area (Å²) in [6.07, 6.45) is -0.135. The molecule has 2 atom stereocenters. The monoisotopic (exact) mass is 334 g/mol. The molecular formula is C17H22N2O5. The number of carbonyl (C=O) groups excluding carboxylic acids is 2. The third-order valence-corrected chi connectivity index (χ3v) is 4.26. The van der Waals surface area contributed by atoms with E-state index in [0.29, 0.717) is 11.4 Å². The van der Waals surface area contributed by atoms with Crippen LogP contribution < -0.4 is 15.8 Å². The van der Waals surface area contributed by atoms with Gasteiger partial charge in [0.1, 0.15) is 5.75 Å². The number of rotatable bonds is 6. The van der Waals surface area contributed by atoms with Gasteiger partial charge in [-0.05, 0) is 37.5 Å². The number of nitrogens with two attached hydrogens (primary N) is 1. The Morgan fingerprint density at radius 2 is 1.88 bits per heavy atom. The average Bonchev–Trinajstić information content (AvgIpc) is 3.03. The van der Waals surface area contributed by atoms with E-state index in [4.69, 9.17) is 10.5 Å². The Bertz CT molecular complexity index is 696. The highest BCUT2D eigenvalue weighted by Gasteiger charge is 2.65. The number of amides is 2. The third-order valence-electron chi connectivity index (χ3n) is 4.26. The van der Waals surface area contributed by atoms with Gasteiger partial charge in [-0.1, -0.05) is 13.8 Å². The second kappa shape index (κ2) is 6.14. The van der Waals surface area contributed by atoms with Crippen LogP contribution in [0, 0.1) is 17.3 Å². The van der Waals surface area contributed by atoms with Gasteiger partial charge >= 0.3 is 5.97 Å². The van der Waals surface area contributed by atoms with E-state index in [2.05, 4.69) is 5.32 Å². The molecular weight excluding hydrogens is 312 g/mol. The highest BCUT2D eigenvalue weighted by molar-refractivity contribution is 6.02. The maximum Gasteiger partial charge on any atom is 0.307 e. The fourth-order valence-electron chi connectivity index (χ4n) is 2.94. The van der Waals surface area contributed by atoms with E-state index in [0.717, 1.165) is 0 Å². The highest BCUT2D eigenvalue weighted by Crippen LogP contribution is 2.58. The normalized spacial score (nSPS) is 21.2. The second-order valence-corrected chi connectivity index (χ2v) is 6.85. The van der Waals surface area contributed by atoms with Crippen LogP contribution in [0.15, 0.2) is 18.2 Å². The summed E-state index contributed by atoms with van der Waals surface area (Å²) in [6, 6.07) is 4.50. The lowest BCUT2D eigenvalue weighted by atomic mass is 10.1. The first-order valence-corrected chi connectivity index (χ1v) is 7.70. The summed E-state index contributed by atoms with van der Waals surface area (Å²) < 4.78 is 5.62. The maximum absolute atomic E-state index is 12.5. The molecule has 2 amide bonds. The van der Waals surface area contributed by atoms with E-state index in [1.54, 1.807) is 19.9 Å². The van der Waals surface area contributed by atoms with E-state index in [9.17, 15) is 19.5 Å². The molecule has 1 aliphatic rings. The zero-order valence-electron chi connectivity index (χ0n) is 14.1. The van der Waals surface area contributed by atoms with Crippen molar-refractivity contribution in [1.82, 2.24) is 0 Å². The molecule has 1 aliphatic carbocycles. The molecule has 0 radical (unpaired) electrons. The topological polar surface area (TPSA) is 119 Å². The number of benzene rings is 1. The second-order valence-electron chi connectivity index (χ2n) is 6.85. The van der Waals surface area contributed by atoms with Crippen molar-refractivity contribution >= 4 is 23.5 Å². The van der Waals surface area contributed by atoms with Gasteiger partial charge in [-0.2, -0.15) is 0 Å². The minimum atomic E-state index is -0.996. The fourth-order valence-corrected chi connectivity index (χ4v) is 2.94. The number of anilines is 1. The number of aliphatic carboxylic acids is 1. The van der Waals surface area contributed by atoms with Crippen LogP contribution in [0.5, 0.6) is 5.75 Å². The van der Waals surface area contributed by atoms with E-state index >= 15 is 0 Å². The fraction of sp³-hybridized carbons (Fsp3) is 0.471. The van der Waals surface area contributed by atoms with Gasteiger partial charge in [-0.15, -0.1) is 0 Å². The molecule has 0 aromatic heterocycles. The van der Waals surface area contributed by atoms with Crippen molar-refractivity contribution in [3.63, 3.8) is 0 Å². The van der Waals surface area contributed by atoms with Gasteiger partial charge in [0.05, 0.1) is 23.6 Å². The molecule has 1 saturated carbocycles. The van der Waals surface area contributed by atoms with Crippen LogP contribution in [0.3, 0.4) is 0 Å². The van der Waals surface area contributed by atoms with Crippen LogP contribution in [0.1, 0.15) is 38.1 Å². The number of nitrogens with one attached hydrogen (secondary N) is 1. The summed E-state index contributed by atoms with van der Waals surface area (Å²) in [4.78, 5) is 35.1. The largest absolute Gasteiger partial charge is 0.489 e. The molecule has 24 heavy (non-hydrogen) atoms. The van der Waals surface area contributed by atoms with Gasteiger partial charge in [-0.25, -0.2) is 0 Å². The minimum absolute atomic E-state index is 0.135. The molecule has 0 aliphatic heterocycles. The standard InChI is InChI=1S/C17H22N2O5/c1-8(2)24-11-6-5-9(14(18)20)7-10(11)19-15(21)12-13(16(22)23)17(12,3)4/h5-8,12-13H,1-4H3,(H2,18,20)(H,19,21)(H,22,23)/t12-,13-/m1/s1. The molecule has 1 aromatic carbocycles. The Morgan fingerprint density at radius 1 is 1.25 bits per heavy atom. The quantitative estimate of drug-likeness (QED) is 0.734. The first-order valence-electron chi connectivity index (χ1n) is 7.70. The zero-order chi connectivity index (χ0) is 18.2. The third kappa shape index (κ3) is 3.34. The molecule has 7 heteroatoms. The molecule has 0 unspecified atom stereocenters. The van der Waals surface area contributed by atoms with Crippen molar-refractivity contribution in [3.05, 3.63) is 23.8 Å². The van der Waals surface area contributed by atoms with Gasteiger partial charge < -0.3 is 20.9 Å². The molecule has 130 valence electrons. The van der Waals surface area contributed by atoms with Crippen LogP contribution in [0.25, 0.3) is 0 Å². The van der Waals surface area contributed by atoms with Crippen LogP contribution in [0.4, 0.5) is 5.69 Å². The van der Waals surface area contributed by atoms with Gasteiger partial charge in [0.25, 0.3) is 0 Å². The Hall–Kier alpha value is -2.57. The number of hydrogen-bond donors (Lipinski definition) is 3. The van der Waals surface area contributed by atoms with E-state index < -0.39 is 35.0 Å². The molecule has 7 nitrogen and oxygen atoms in total. The van der Waals surface area contributed by atoms with Gasteiger partial charge in [0.15, 0.2) is 0 Å². The number of ether oxygens (including phenoxy) is 1. The van der Waals surface area contributed by atoms with Gasteiger partial charge in [0.2, 0.25) is 11.8 Å². The molecule has 0 bridgehead atoms. The van der Waals surface area contributed by atoms with Crippen LogP contribution in [0.2, 0.25) is 0 Å². The Balaban J connectivity index is 2.27. The van der Waals surface area contributed by atoms with Crippen molar-refractivity contribution < 1.29 is 24.2 Å². The summed E-state index contributed by atoms with van der Waals surface area (Å²) in [6.45, 7) is 7.14. The van der Waals surface area contributed by atoms with Crippen molar-refractivity contribution in [2.24, 2.45) is 23.0 Å². The average molecular weight is 334 g/mol. The zero-order valence-corrected chi connectivity index (χ0v) is 14.1. The lowest BCUT2D eigenvalue weighted by Crippen LogP contribution is -2.20. The van der Waals surface area contributed by atoms with Crippen molar-refractivity contribution in [2.75, 3.05) is 5.32 Å². The smallest absolute Gasteiger partial charge is 0.307 e. The van der Waals surface area contributed by atoms with Gasteiger partial charge in [-0.3, -0.25) is 14.4 Å². The van der Waals surface area contributed by atoms with E-state index in [1.165, 1.54) is 12.1 Å². The number of carboxylic acids is 1. The molecule has 2 rings (SSSR count). The van der Waals surface area contributed by atoms with Crippen molar-refractivity contribution in [1.29, 1.82) is 0 Å². The number of primary amides is 1. The minimum Gasteiger partial charge on any atom is -0.489 e. The number of carbonyl (C=O) groups is 3. The number of hydrogen-bond acceptors (Lipinski definition) is 4. The van der Waals surface area contributed by atoms with Crippen molar-refractivity contribution in [3.8, 4) is 5.75 Å². The first-order chi connectivity index (χ1) is 11.1. The Labute approximate surface area is 140 Å².